The molecule has 1 saturated heterocycles. The van der Waals surface area contributed by atoms with Crippen molar-refractivity contribution in [3.8, 4) is 5.75 Å². The monoisotopic (exact) mass is 342 g/mol. The van der Waals surface area contributed by atoms with E-state index in [0.29, 0.717) is 0 Å². The molecule has 0 unspecified atom stereocenters. The van der Waals surface area contributed by atoms with Gasteiger partial charge in [-0.1, -0.05) is 12.1 Å². The first kappa shape index (κ1) is 16.5. The fourth-order valence-electron chi connectivity index (χ4n) is 3.96. The van der Waals surface area contributed by atoms with Crippen LogP contribution in [0.1, 0.15) is 43.0 Å². The highest BCUT2D eigenvalue weighted by Crippen LogP contribution is 2.34. The SMILES string of the molecule is CO[C@@H]1CN(Cc2ccc3c(c2)CCC(C)(C)O3)C[C@H]1c1cn[nH]n1. The minimum absolute atomic E-state index is 0.0556. The van der Waals surface area contributed by atoms with Gasteiger partial charge in [-0.25, -0.2) is 0 Å². The molecule has 0 radical (unpaired) electrons. The molecule has 25 heavy (non-hydrogen) atoms. The van der Waals surface area contributed by atoms with Crippen LogP contribution >= 0.6 is 0 Å². The van der Waals surface area contributed by atoms with Gasteiger partial charge in [0.05, 0.1) is 18.0 Å². The van der Waals surface area contributed by atoms with Crippen molar-refractivity contribution in [3.05, 3.63) is 41.2 Å². The number of nitrogens with one attached hydrogen (secondary N) is 1. The molecule has 0 bridgehead atoms. The Labute approximate surface area is 148 Å². The lowest BCUT2D eigenvalue weighted by Gasteiger charge is -2.33. The molecule has 2 aromatic rings. The van der Waals surface area contributed by atoms with Crippen LogP contribution in [0.5, 0.6) is 5.75 Å². The molecule has 0 spiro atoms. The second-order valence-corrected chi connectivity index (χ2v) is 7.77. The molecule has 0 saturated carbocycles. The Hall–Kier alpha value is -1.92. The fraction of sp³-hybridized carbons (Fsp3) is 0.579. The number of rotatable bonds is 4. The van der Waals surface area contributed by atoms with E-state index in [-0.39, 0.29) is 17.6 Å². The van der Waals surface area contributed by atoms with Crippen LogP contribution in [0.25, 0.3) is 0 Å². The maximum Gasteiger partial charge on any atom is 0.123 e. The largest absolute Gasteiger partial charge is 0.488 e. The van der Waals surface area contributed by atoms with Crippen molar-refractivity contribution in [2.24, 2.45) is 0 Å². The van der Waals surface area contributed by atoms with E-state index in [0.717, 1.165) is 43.9 Å². The summed E-state index contributed by atoms with van der Waals surface area (Å²) in [6.07, 6.45) is 4.11. The zero-order valence-corrected chi connectivity index (χ0v) is 15.2. The van der Waals surface area contributed by atoms with Crippen LogP contribution < -0.4 is 4.74 Å². The molecule has 0 aliphatic carbocycles. The average molecular weight is 342 g/mol. The molecule has 1 aromatic heterocycles. The molecule has 1 N–H and O–H groups in total. The third-order valence-electron chi connectivity index (χ3n) is 5.37. The van der Waals surface area contributed by atoms with Crippen LogP contribution in [0, 0.1) is 0 Å². The number of likely N-dealkylation sites (tertiary alicyclic amines) is 1. The molecule has 1 aromatic carbocycles. The number of aryl methyl sites for hydroxylation is 1. The van der Waals surface area contributed by atoms with Gasteiger partial charge < -0.3 is 9.47 Å². The summed E-state index contributed by atoms with van der Waals surface area (Å²) >= 11 is 0. The van der Waals surface area contributed by atoms with Crippen molar-refractivity contribution < 1.29 is 9.47 Å². The highest BCUT2D eigenvalue weighted by Gasteiger charge is 2.35. The lowest BCUT2D eigenvalue weighted by atomic mass is 9.93. The minimum atomic E-state index is -0.0556. The maximum absolute atomic E-state index is 6.09. The molecule has 2 aliphatic heterocycles. The molecule has 6 nitrogen and oxygen atoms in total. The van der Waals surface area contributed by atoms with Gasteiger partial charge in [0.1, 0.15) is 11.4 Å². The highest BCUT2D eigenvalue weighted by molar-refractivity contribution is 5.39. The minimum Gasteiger partial charge on any atom is -0.488 e. The zero-order valence-electron chi connectivity index (χ0n) is 15.2. The van der Waals surface area contributed by atoms with Gasteiger partial charge in [-0.15, -0.1) is 0 Å². The van der Waals surface area contributed by atoms with Gasteiger partial charge in [-0.2, -0.15) is 15.4 Å². The van der Waals surface area contributed by atoms with Gasteiger partial charge in [-0.05, 0) is 43.9 Å². The van der Waals surface area contributed by atoms with E-state index in [2.05, 4.69) is 52.4 Å². The number of hydrogen-bond donors (Lipinski definition) is 1. The van der Waals surface area contributed by atoms with Crippen LogP contribution in [0.4, 0.5) is 0 Å². The first-order valence-corrected chi connectivity index (χ1v) is 8.96. The van der Waals surface area contributed by atoms with Gasteiger partial charge in [0, 0.05) is 32.7 Å². The van der Waals surface area contributed by atoms with Gasteiger partial charge in [0.25, 0.3) is 0 Å². The van der Waals surface area contributed by atoms with Crippen LogP contribution in [-0.2, 0) is 17.7 Å². The normalized spacial score (nSPS) is 25.6. The van der Waals surface area contributed by atoms with Crippen LogP contribution in [0.15, 0.2) is 24.4 Å². The van der Waals surface area contributed by atoms with Crippen molar-refractivity contribution >= 4 is 0 Å². The van der Waals surface area contributed by atoms with Crippen molar-refractivity contribution in [3.63, 3.8) is 0 Å². The Bertz CT molecular complexity index is 729. The van der Waals surface area contributed by atoms with E-state index in [1.54, 1.807) is 13.3 Å². The van der Waals surface area contributed by atoms with E-state index in [1.807, 2.05) is 0 Å². The Balaban J connectivity index is 1.46. The van der Waals surface area contributed by atoms with E-state index in [1.165, 1.54) is 11.1 Å². The predicted molar refractivity (Wildman–Crippen MR) is 94.7 cm³/mol. The van der Waals surface area contributed by atoms with E-state index >= 15 is 0 Å². The van der Waals surface area contributed by atoms with Crippen molar-refractivity contribution in [2.75, 3.05) is 20.2 Å². The molecule has 6 heteroatoms. The summed E-state index contributed by atoms with van der Waals surface area (Å²) in [7, 11) is 1.78. The van der Waals surface area contributed by atoms with E-state index < -0.39 is 0 Å². The molecule has 3 heterocycles. The Kier molecular flexibility index (Phi) is 4.25. The summed E-state index contributed by atoms with van der Waals surface area (Å²) in [6, 6.07) is 6.62. The molecular formula is C19H26N4O2. The van der Waals surface area contributed by atoms with Crippen molar-refractivity contribution in [1.82, 2.24) is 20.3 Å². The quantitative estimate of drug-likeness (QED) is 0.925. The van der Waals surface area contributed by atoms with Gasteiger partial charge in [-0.3, -0.25) is 4.90 Å². The van der Waals surface area contributed by atoms with E-state index in [9.17, 15) is 0 Å². The molecule has 2 atom stereocenters. The molecular weight excluding hydrogens is 316 g/mol. The third-order valence-corrected chi connectivity index (χ3v) is 5.37. The number of methoxy groups -OCH3 is 1. The third kappa shape index (κ3) is 3.41. The summed E-state index contributed by atoms with van der Waals surface area (Å²) in [5, 5.41) is 10.9. The number of H-pyrrole nitrogens is 1. The number of fused-ring (bicyclic) bond motifs is 1. The molecule has 2 aliphatic rings. The van der Waals surface area contributed by atoms with Gasteiger partial charge in [0.15, 0.2) is 0 Å². The number of nitrogens with zero attached hydrogens (tertiary/aromatic N) is 3. The molecule has 1 fully saturated rings. The first-order chi connectivity index (χ1) is 12.0. The fourth-order valence-corrected chi connectivity index (χ4v) is 3.96. The van der Waals surface area contributed by atoms with Crippen LogP contribution in [0.3, 0.4) is 0 Å². The first-order valence-electron chi connectivity index (χ1n) is 8.96. The average Bonchev–Trinajstić information content (AvgIpc) is 3.23. The standard InChI is InChI=1S/C19H26N4O2/c1-19(2)7-6-14-8-13(4-5-17(14)25-19)10-23-11-15(18(12-23)24-3)16-9-20-22-21-16/h4-5,8-9,15,18H,6-7,10-12H2,1-3H3,(H,20,21,22)/t15-,18+/m0/s1. The second kappa shape index (κ2) is 6.42. The Morgan fingerprint density at radius 1 is 1.36 bits per heavy atom. The van der Waals surface area contributed by atoms with Crippen LogP contribution in [-0.4, -0.2) is 52.2 Å². The lowest BCUT2D eigenvalue weighted by Crippen LogP contribution is -2.32. The number of ether oxygens (including phenoxy) is 2. The summed E-state index contributed by atoms with van der Waals surface area (Å²) < 4.78 is 11.8. The van der Waals surface area contributed by atoms with E-state index in [4.69, 9.17) is 9.47 Å². The molecule has 0 amide bonds. The molecule has 134 valence electrons. The highest BCUT2D eigenvalue weighted by atomic mass is 16.5. The van der Waals surface area contributed by atoms with Gasteiger partial charge >= 0.3 is 0 Å². The molecule has 4 rings (SSSR count). The number of aromatic nitrogens is 3. The summed E-state index contributed by atoms with van der Waals surface area (Å²) in [4.78, 5) is 2.43. The summed E-state index contributed by atoms with van der Waals surface area (Å²) in [5.41, 5.74) is 3.58. The summed E-state index contributed by atoms with van der Waals surface area (Å²) in [6.45, 7) is 7.08. The topological polar surface area (TPSA) is 63.3 Å². The van der Waals surface area contributed by atoms with Crippen molar-refractivity contribution in [2.45, 2.75) is 50.9 Å². The smallest absolute Gasteiger partial charge is 0.123 e. The maximum atomic E-state index is 6.09. The van der Waals surface area contributed by atoms with Crippen LogP contribution in [0.2, 0.25) is 0 Å². The summed E-state index contributed by atoms with van der Waals surface area (Å²) in [5.74, 6) is 1.31. The lowest BCUT2D eigenvalue weighted by molar-refractivity contribution is 0.0845. The Morgan fingerprint density at radius 3 is 3.00 bits per heavy atom. The second-order valence-electron chi connectivity index (χ2n) is 7.77. The number of benzene rings is 1. The van der Waals surface area contributed by atoms with Gasteiger partial charge in [0.2, 0.25) is 0 Å². The zero-order chi connectivity index (χ0) is 17.4. The predicted octanol–water partition coefficient (Wildman–Crippen LogP) is 2.52. The Morgan fingerprint density at radius 2 is 2.24 bits per heavy atom. The number of hydrogen-bond acceptors (Lipinski definition) is 5. The van der Waals surface area contributed by atoms with Crippen molar-refractivity contribution in [1.29, 1.82) is 0 Å². The number of aromatic amines is 1.